The fraction of sp³-hybridized carbons (Fsp3) is 0.267. The van der Waals surface area contributed by atoms with Gasteiger partial charge in [-0.2, -0.15) is 0 Å². The van der Waals surface area contributed by atoms with Gasteiger partial charge in [0.2, 0.25) is 0 Å². The fourth-order valence-corrected chi connectivity index (χ4v) is 2.19. The molecule has 0 amide bonds. The molecule has 3 heteroatoms. The predicted octanol–water partition coefficient (Wildman–Crippen LogP) is 1.01. The summed E-state index contributed by atoms with van der Waals surface area (Å²) in [4.78, 5) is 12.2. The molecular formula is C15H17NO2. The molecule has 2 heterocycles. The van der Waals surface area contributed by atoms with Gasteiger partial charge in [-0.25, -0.2) is 0 Å². The quantitative estimate of drug-likeness (QED) is 0.776. The summed E-state index contributed by atoms with van der Waals surface area (Å²) in [6.45, 7) is 11.9. The van der Waals surface area contributed by atoms with Gasteiger partial charge in [-0.15, -0.1) is 0 Å². The highest BCUT2D eigenvalue weighted by Crippen LogP contribution is 2.11. The maximum atomic E-state index is 12.2. The Balaban J connectivity index is 3.10. The maximum absolute atomic E-state index is 12.2. The van der Waals surface area contributed by atoms with E-state index in [2.05, 4.69) is 24.6 Å². The van der Waals surface area contributed by atoms with Crippen molar-refractivity contribution in [2.75, 3.05) is 6.61 Å². The lowest BCUT2D eigenvalue weighted by atomic mass is 10.1. The van der Waals surface area contributed by atoms with Crippen molar-refractivity contribution in [2.45, 2.75) is 19.9 Å². The average molecular weight is 243 g/mol. The highest BCUT2D eigenvalue weighted by atomic mass is 16.5. The number of pyridine rings is 1. The van der Waals surface area contributed by atoms with Crippen molar-refractivity contribution >= 4 is 11.8 Å². The highest BCUT2D eigenvalue weighted by molar-refractivity contribution is 5.50. The second kappa shape index (κ2) is 4.69. The van der Waals surface area contributed by atoms with Crippen LogP contribution in [0.5, 0.6) is 0 Å². The summed E-state index contributed by atoms with van der Waals surface area (Å²) in [6.07, 6.45) is 6.88. The molecule has 1 aromatic heterocycles. The van der Waals surface area contributed by atoms with Gasteiger partial charge >= 0.3 is 0 Å². The van der Waals surface area contributed by atoms with E-state index in [1.807, 2.05) is 13.1 Å². The summed E-state index contributed by atoms with van der Waals surface area (Å²) >= 11 is 0. The molecule has 0 saturated heterocycles. The van der Waals surface area contributed by atoms with E-state index < -0.39 is 0 Å². The molecular weight excluding hydrogens is 226 g/mol. The van der Waals surface area contributed by atoms with Crippen molar-refractivity contribution in [3.63, 3.8) is 0 Å². The van der Waals surface area contributed by atoms with E-state index in [4.69, 9.17) is 4.74 Å². The van der Waals surface area contributed by atoms with Gasteiger partial charge in [-0.1, -0.05) is 19.2 Å². The van der Waals surface area contributed by atoms with E-state index >= 15 is 0 Å². The summed E-state index contributed by atoms with van der Waals surface area (Å²) < 4.78 is 7.71. The fourth-order valence-electron chi connectivity index (χ4n) is 2.19. The number of aryl methyl sites for hydroxylation is 1. The Bertz CT molecular complexity index is 680. The lowest BCUT2D eigenvalue weighted by Crippen LogP contribution is -2.50. The first-order valence-electron chi connectivity index (χ1n) is 5.94. The lowest BCUT2D eigenvalue weighted by molar-refractivity contribution is 0.203. The van der Waals surface area contributed by atoms with Crippen LogP contribution in [0.1, 0.15) is 18.5 Å². The molecule has 1 unspecified atom stereocenters. The third-order valence-electron chi connectivity index (χ3n) is 3.11. The molecule has 0 fully saturated rings. The standard InChI is InChI=1S/C15H17NO2/c1-5-7-12-14-13(6-2)18-9-11(4)16(14)8-10(3)15(12)17/h5-8,11H,1-2,9H2,3-4H3/b12-7+. The number of allylic oxidation sites excluding steroid dienone is 1. The van der Waals surface area contributed by atoms with Crippen molar-refractivity contribution < 1.29 is 4.74 Å². The Morgan fingerprint density at radius 1 is 1.50 bits per heavy atom. The molecule has 1 aromatic rings. The Morgan fingerprint density at radius 2 is 2.22 bits per heavy atom. The molecule has 0 bridgehead atoms. The van der Waals surface area contributed by atoms with Crippen LogP contribution < -0.4 is 16.0 Å². The van der Waals surface area contributed by atoms with Gasteiger partial charge in [-0.05, 0) is 26.0 Å². The molecule has 1 atom stereocenters. The van der Waals surface area contributed by atoms with Crippen LogP contribution in [0.4, 0.5) is 0 Å². The van der Waals surface area contributed by atoms with Gasteiger partial charge in [0.05, 0.1) is 11.4 Å². The van der Waals surface area contributed by atoms with Crippen LogP contribution in [0.25, 0.3) is 11.8 Å². The Kier molecular flexibility index (Phi) is 3.24. The Hall–Kier alpha value is -2.03. The van der Waals surface area contributed by atoms with E-state index in [1.54, 1.807) is 18.2 Å². The summed E-state index contributed by atoms with van der Waals surface area (Å²) in [6, 6.07) is 0.194. The normalized spacial score (nSPS) is 19.1. The van der Waals surface area contributed by atoms with Crippen LogP contribution >= 0.6 is 0 Å². The SMILES string of the molecule is C=C/C=c1/c(=O)c(C)cn2c1=C(C=C)OCC2C. The zero-order chi connectivity index (χ0) is 13.3. The number of hydrogen-bond acceptors (Lipinski definition) is 2. The first kappa shape index (κ1) is 12.4. The van der Waals surface area contributed by atoms with Gasteiger partial charge in [0, 0.05) is 17.0 Å². The minimum absolute atomic E-state index is 0.0122. The van der Waals surface area contributed by atoms with Crippen molar-refractivity contribution in [1.82, 2.24) is 4.57 Å². The van der Waals surface area contributed by atoms with Gasteiger partial charge in [0.25, 0.3) is 0 Å². The molecule has 0 N–H and O–H groups in total. The summed E-state index contributed by atoms with van der Waals surface area (Å²) in [5.41, 5.74) is 0.738. The third kappa shape index (κ3) is 1.82. The summed E-state index contributed by atoms with van der Waals surface area (Å²) in [5, 5.41) is 1.41. The van der Waals surface area contributed by atoms with Gasteiger partial charge < -0.3 is 9.30 Å². The van der Waals surface area contributed by atoms with E-state index in [0.29, 0.717) is 17.6 Å². The molecule has 0 spiro atoms. The minimum Gasteiger partial charge on any atom is -0.489 e. The van der Waals surface area contributed by atoms with Crippen molar-refractivity contribution in [3.05, 3.63) is 57.9 Å². The molecule has 0 aromatic carbocycles. The Labute approximate surface area is 106 Å². The molecule has 2 rings (SSSR count). The third-order valence-corrected chi connectivity index (χ3v) is 3.11. The molecule has 3 nitrogen and oxygen atoms in total. The summed E-state index contributed by atoms with van der Waals surface area (Å²) in [7, 11) is 0. The van der Waals surface area contributed by atoms with E-state index in [9.17, 15) is 4.79 Å². The van der Waals surface area contributed by atoms with E-state index in [0.717, 1.165) is 10.9 Å². The molecule has 0 radical (unpaired) electrons. The van der Waals surface area contributed by atoms with Crippen molar-refractivity contribution in [1.29, 1.82) is 0 Å². The van der Waals surface area contributed by atoms with Crippen LogP contribution in [0.2, 0.25) is 0 Å². The number of fused-ring (bicyclic) bond motifs is 1. The zero-order valence-corrected chi connectivity index (χ0v) is 10.8. The average Bonchev–Trinajstić information content (AvgIpc) is 2.36. The molecule has 18 heavy (non-hydrogen) atoms. The number of rotatable bonds is 2. The number of aromatic nitrogens is 1. The molecule has 1 aliphatic heterocycles. The van der Waals surface area contributed by atoms with Gasteiger partial charge in [0.1, 0.15) is 12.4 Å². The van der Waals surface area contributed by atoms with Gasteiger partial charge in [0.15, 0.2) is 5.43 Å². The minimum atomic E-state index is 0.0122. The topological polar surface area (TPSA) is 31.2 Å². The maximum Gasteiger partial charge on any atom is 0.192 e. The van der Waals surface area contributed by atoms with Crippen LogP contribution in [-0.2, 0) is 4.74 Å². The molecule has 94 valence electrons. The second-order valence-electron chi connectivity index (χ2n) is 4.44. The Morgan fingerprint density at radius 3 is 2.83 bits per heavy atom. The second-order valence-corrected chi connectivity index (χ2v) is 4.44. The van der Waals surface area contributed by atoms with Gasteiger partial charge in [-0.3, -0.25) is 4.79 Å². The number of ether oxygens (including phenoxy) is 1. The molecule has 0 saturated carbocycles. The van der Waals surface area contributed by atoms with Crippen LogP contribution in [0.15, 0.2) is 36.3 Å². The smallest absolute Gasteiger partial charge is 0.192 e. The largest absolute Gasteiger partial charge is 0.489 e. The van der Waals surface area contributed by atoms with Crippen LogP contribution in [0, 0.1) is 6.92 Å². The zero-order valence-electron chi connectivity index (χ0n) is 10.8. The molecule has 1 aliphatic rings. The number of nitrogens with zero attached hydrogens (tertiary/aromatic N) is 1. The summed E-state index contributed by atoms with van der Waals surface area (Å²) in [5.74, 6) is 0.651. The van der Waals surface area contributed by atoms with Crippen molar-refractivity contribution in [2.24, 2.45) is 0 Å². The first-order chi connectivity index (χ1) is 8.60. The van der Waals surface area contributed by atoms with Crippen LogP contribution in [0.3, 0.4) is 0 Å². The monoisotopic (exact) mass is 243 g/mol. The van der Waals surface area contributed by atoms with Crippen LogP contribution in [-0.4, -0.2) is 11.2 Å². The highest BCUT2D eigenvalue weighted by Gasteiger charge is 2.17. The predicted molar refractivity (Wildman–Crippen MR) is 73.6 cm³/mol. The first-order valence-corrected chi connectivity index (χ1v) is 5.94. The number of hydrogen-bond donors (Lipinski definition) is 0. The molecule has 0 aliphatic carbocycles. The lowest BCUT2D eigenvalue weighted by Gasteiger charge is -2.25. The van der Waals surface area contributed by atoms with E-state index in [1.165, 1.54) is 0 Å². The van der Waals surface area contributed by atoms with E-state index in [-0.39, 0.29) is 11.5 Å². The van der Waals surface area contributed by atoms with Crippen molar-refractivity contribution in [3.8, 4) is 0 Å².